The molecule has 0 spiro atoms. The number of anilines is 1. The van der Waals surface area contributed by atoms with Gasteiger partial charge in [0.2, 0.25) is 0 Å². The van der Waals surface area contributed by atoms with Crippen molar-refractivity contribution in [2.45, 2.75) is 13.8 Å². The van der Waals surface area contributed by atoms with E-state index in [4.69, 9.17) is 10.5 Å². The molecule has 31 heavy (non-hydrogen) atoms. The summed E-state index contributed by atoms with van der Waals surface area (Å²) in [5.41, 5.74) is 7.43. The first-order chi connectivity index (χ1) is 14.6. The normalized spacial score (nSPS) is 15.3. The number of ether oxygens (including phenoxy) is 1. The van der Waals surface area contributed by atoms with Gasteiger partial charge in [0.1, 0.15) is 11.3 Å². The molecule has 2 aromatic carbocycles. The number of benzene rings is 2. The molecule has 0 saturated carbocycles. The molecule has 10 heteroatoms. The molecule has 0 atom stereocenters. The SMILES string of the molecule is Cc1ccc(N2C(=O)NC(=O)/C(=C/c3cc(Br)cc(Br)c3OCC(N)=O)C2=O)cc1C. The van der Waals surface area contributed by atoms with Crippen LogP contribution < -0.4 is 20.7 Å². The molecule has 0 bridgehead atoms. The zero-order chi connectivity index (χ0) is 22.9. The minimum Gasteiger partial charge on any atom is -0.482 e. The average molecular weight is 551 g/mol. The van der Waals surface area contributed by atoms with E-state index >= 15 is 0 Å². The second-order valence-corrected chi connectivity index (χ2v) is 8.56. The number of nitrogens with zero attached hydrogens (tertiary/aromatic N) is 1. The van der Waals surface area contributed by atoms with E-state index in [9.17, 15) is 19.2 Å². The van der Waals surface area contributed by atoms with Crippen molar-refractivity contribution >= 4 is 67.4 Å². The lowest BCUT2D eigenvalue weighted by Crippen LogP contribution is -2.54. The van der Waals surface area contributed by atoms with Crippen molar-refractivity contribution in [3.8, 4) is 5.75 Å². The van der Waals surface area contributed by atoms with Gasteiger partial charge in [-0.1, -0.05) is 22.0 Å². The van der Waals surface area contributed by atoms with Crippen LogP contribution in [0.3, 0.4) is 0 Å². The molecular formula is C21H17Br2N3O5. The average Bonchev–Trinajstić information content (AvgIpc) is 2.66. The van der Waals surface area contributed by atoms with Gasteiger partial charge in [-0.3, -0.25) is 19.7 Å². The molecule has 1 fully saturated rings. The van der Waals surface area contributed by atoms with Crippen molar-refractivity contribution in [2.24, 2.45) is 5.73 Å². The number of hydrogen-bond acceptors (Lipinski definition) is 5. The summed E-state index contributed by atoms with van der Waals surface area (Å²) < 4.78 is 6.55. The van der Waals surface area contributed by atoms with Gasteiger partial charge in [0, 0.05) is 10.0 Å². The van der Waals surface area contributed by atoms with Crippen LogP contribution in [0.2, 0.25) is 0 Å². The molecule has 8 nitrogen and oxygen atoms in total. The van der Waals surface area contributed by atoms with Gasteiger partial charge in [-0.25, -0.2) is 9.69 Å². The summed E-state index contributed by atoms with van der Waals surface area (Å²) in [6, 6.07) is 7.54. The van der Waals surface area contributed by atoms with Gasteiger partial charge < -0.3 is 10.5 Å². The second kappa shape index (κ2) is 9.03. The summed E-state index contributed by atoms with van der Waals surface area (Å²) in [4.78, 5) is 50.1. The van der Waals surface area contributed by atoms with Crippen LogP contribution in [-0.4, -0.2) is 30.4 Å². The van der Waals surface area contributed by atoms with Crippen LogP contribution in [0.4, 0.5) is 10.5 Å². The third kappa shape index (κ3) is 4.86. The first-order valence-corrected chi connectivity index (χ1v) is 10.6. The maximum Gasteiger partial charge on any atom is 0.335 e. The molecule has 0 radical (unpaired) electrons. The Hall–Kier alpha value is -2.98. The zero-order valence-corrected chi connectivity index (χ0v) is 19.7. The Morgan fingerprint density at radius 2 is 1.84 bits per heavy atom. The quantitative estimate of drug-likeness (QED) is 0.437. The van der Waals surface area contributed by atoms with Crippen molar-refractivity contribution in [1.82, 2.24) is 5.32 Å². The number of urea groups is 1. The van der Waals surface area contributed by atoms with E-state index in [2.05, 4.69) is 37.2 Å². The van der Waals surface area contributed by atoms with Crippen molar-refractivity contribution in [1.29, 1.82) is 0 Å². The summed E-state index contributed by atoms with van der Waals surface area (Å²) in [5, 5.41) is 2.18. The van der Waals surface area contributed by atoms with Gasteiger partial charge in [0.05, 0.1) is 10.2 Å². The summed E-state index contributed by atoms with van der Waals surface area (Å²) >= 11 is 6.67. The summed E-state index contributed by atoms with van der Waals surface area (Å²) in [5.74, 6) is -2.10. The Balaban J connectivity index is 2.08. The molecular weight excluding hydrogens is 534 g/mol. The highest BCUT2D eigenvalue weighted by molar-refractivity contribution is 9.11. The van der Waals surface area contributed by atoms with E-state index in [1.54, 1.807) is 30.3 Å². The number of amides is 5. The number of barbiturate groups is 1. The molecule has 1 aliphatic rings. The molecule has 160 valence electrons. The van der Waals surface area contributed by atoms with Crippen molar-refractivity contribution in [3.63, 3.8) is 0 Å². The number of primary amides is 1. The Kier molecular flexibility index (Phi) is 6.61. The van der Waals surface area contributed by atoms with Crippen LogP contribution in [0.15, 0.2) is 44.9 Å². The summed E-state index contributed by atoms with van der Waals surface area (Å²) in [6.45, 7) is 3.36. The van der Waals surface area contributed by atoms with Crippen LogP contribution in [-0.2, 0) is 14.4 Å². The standard InChI is InChI=1S/C21H17Br2N3O5/c1-10-3-4-14(5-11(10)2)26-20(29)15(19(28)25-21(26)30)7-12-6-13(22)8-16(23)18(12)31-9-17(24)27/h3-8H,9H2,1-2H3,(H2,24,27)(H,25,28,30)/b15-7-. The largest absolute Gasteiger partial charge is 0.482 e. The van der Waals surface area contributed by atoms with Crippen LogP contribution in [0.1, 0.15) is 16.7 Å². The fourth-order valence-corrected chi connectivity index (χ4v) is 4.27. The van der Waals surface area contributed by atoms with Crippen molar-refractivity contribution < 1.29 is 23.9 Å². The molecule has 0 aromatic heterocycles. The topological polar surface area (TPSA) is 119 Å². The van der Waals surface area contributed by atoms with Gasteiger partial charge in [0.25, 0.3) is 17.7 Å². The van der Waals surface area contributed by atoms with Crippen LogP contribution >= 0.6 is 31.9 Å². The summed E-state index contributed by atoms with van der Waals surface area (Å²) in [6.07, 6.45) is 1.30. The first kappa shape index (κ1) is 22.7. The smallest absolute Gasteiger partial charge is 0.335 e. The fraction of sp³-hybridized carbons (Fsp3) is 0.143. The minimum absolute atomic E-state index is 0.213. The summed E-state index contributed by atoms with van der Waals surface area (Å²) in [7, 11) is 0. The van der Waals surface area contributed by atoms with Crippen LogP contribution in [0.25, 0.3) is 6.08 Å². The lowest BCUT2D eigenvalue weighted by Gasteiger charge is -2.27. The number of hydrogen-bond donors (Lipinski definition) is 2. The van der Waals surface area contributed by atoms with Gasteiger partial charge in [-0.2, -0.15) is 0 Å². The Morgan fingerprint density at radius 3 is 2.48 bits per heavy atom. The predicted molar refractivity (Wildman–Crippen MR) is 121 cm³/mol. The number of nitrogens with one attached hydrogen (secondary N) is 1. The number of imide groups is 2. The number of aryl methyl sites for hydroxylation is 2. The molecule has 2 aromatic rings. The zero-order valence-electron chi connectivity index (χ0n) is 16.5. The number of nitrogens with two attached hydrogens (primary N) is 1. The van der Waals surface area contributed by atoms with E-state index in [0.717, 1.165) is 16.0 Å². The Labute approximate surface area is 194 Å². The van der Waals surface area contributed by atoms with Crippen LogP contribution in [0.5, 0.6) is 5.75 Å². The van der Waals surface area contributed by atoms with E-state index in [-0.39, 0.29) is 11.3 Å². The molecule has 1 saturated heterocycles. The molecule has 5 amide bonds. The molecule has 0 unspecified atom stereocenters. The number of carbonyl (C=O) groups is 4. The van der Waals surface area contributed by atoms with Crippen molar-refractivity contribution in [3.05, 3.63) is 61.5 Å². The third-order valence-corrected chi connectivity index (χ3v) is 5.59. The number of carbonyl (C=O) groups excluding carboxylic acids is 4. The number of rotatable bonds is 5. The molecule has 0 aliphatic carbocycles. The number of halogens is 2. The molecule has 3 rings (SSSR count). The molecule has 3 N–H and O–H groups in total. The van der Waals surface area contributed by atoms with Gasteiger partial charge >= 0.3 is 6.03 Å². The van der Waals surface area contributed by atoms with Gasteiger partial charge in [-0.05, 0) is 71.2 Å². The van der Waals surface area contributed by atoms with Gasteiger partial charge in [0.15, 0.2) is 6.61 Å². The highest BCUT2D eigenvalue weighted by atomic mass is 79.9. The van der Waals surface area contributed by atoms with Gasteiger partial charge in [-0.15, -0.1) is 0 Å². The fourth-order valence-electron chi connectivity index (χ4n) is 2.90. The maximum absolute atomic E-state index is 13.1. The minimum atomic E-state index is -0.841. The van der Waals surface area contributed by atoms with E-state index < -0.39 is 30.4 Å². The predicted octanol–water partition coefficient (Wildman–Crippen LogP) is 3.36. The van der Waals surface area contributed by atoms with Crippen LogP contribution in [0, 0.1) is 13.8 Å². The lowest BCUT2D eigenvalue weighted by atomic mass is 10.0. The highest BCUT2D eigenvalue weighted by Gasteiger charge is 2.37. The third-order valence-electron chi connectivity index (χ3n) is 4.55. The Bertz CT molecular complexity index is 1160. The Morgan fingerprint density at radius 1 is 1.13 bits per heavy atom. The van der Waals surface area contributed by atoms with E-state index in [1.807, 2.05) is 13.8 Å². The van der Waals surface area contributed by atoms with Crippen molar-refractivity contribution in [2.75, 3.05) is 11.5 Å². The first-order valence-electron chi connectivity index (χ1n) is 8.97. The highest BCUT2D eigenvalue weighted by Crippen LogP contribution is 2.35. The van der Waals surface area contributed by atoms with E-state index in [0.29, 0.717) is 20.2 Å². The second-order valence-electron chi connectivity index (χ2n) is 6.79. The van der Waals surface area contributed by atoms with E-state index in [1.165, 1.54) is 6.08 Å². The monoisotopic (exact) mass is 549 g/mol. The molecule has 1 heterocycles. The maximum atomic E-state index is 13.1. The molecule has 1 aliphatic heterocycles. The lowest BCUT2D eigenvalue weighted by molar-refractivity contribution is -0.123.